The van der Waals surface area contributed by atoms with Gasteiger partial charge in [-0.15, -0.1) is 11.3 Å². The third-order valence-electron chi connectivity index (χ3n) is 4.93. The fraction of sp³-hybridized carbons (Fsp3) is 0.174. The molecular weight excluding hydrogens is 458 g/mol. The molecule has 1 aromatic carbocycles. The third-order valence-corrected chi connectivity index (χ3v) is 7.23. The van der Waals surface area contributed by atoms with Crippen molar-refractivity contribution in [1.82, 2.24) is 24.8 Å². The summed E-state index contributed by atoms with van der Waals surface area (Å²) in [5, 5.41) is 9.13. The van der Waals surface area contributed by atoms with E-state index in [1.165, 1.54) is 35.6 Å². The average molecular weight is 482 g/mol. The van der Waals surface area contributed by atoms with Gasteiger partial charge in [-0.05, 0) is 67.3 Å². The van der Waals surface area contributed by atoms with Gasteiger partial charge in [0.05, 0.1) is 10.6 Å². The van der Waals surface area contributed by atoms with Gasteiger partial charge in [-0.3, -0.25) is 4.79 Å². The molecule has 0 spiro atoms. The standard InChI is InChI=1S/C23H23N5O3S2/c1-16-12-17(2)28(27-16)22-10-5-18(13-24-22)14-25-23(29)19-6-8-21(9-7-19)33(30,31)26-15-20-4-3-11-32-20/h3-13,26H,14-15H2,1-2H3,(H,25,29). The van der Waals surface area contributed by atoms with Crippen molar-refractivity contribution in [3.63, 3.8) is 0 Å². The Morgan fingerprint density at radius 3 is 2.45 bits per heavy atom. The quantitative estimate of drug-likeness (QED) is 0.401. The molecule has 0 saturated carbocycles. The summed E-state index contributed by atoms with van der Waals surface area (Å²) in [7, 11) is -3.65. The second-order valence-electron chi connectivity index (χ2n) is 7.47. The number of carbonyl (C=O) groups is 1. The molecule has 0 radical (unpaired) electrons. The highest BCUT2D eigenvalue weighted by Crippen LogP contribution is 2.14. The van der Waals surface area contributed by atoms with Crippen molar-refractivity contribution in [2.24, 2.45) is 0 Å². The number of amides is 1. The number of nitrogens with zero attached hydrogens (tertiary/aromatic N) is 3. The van der Waals surface area contributed by atoms with E-state index in [1.807, 2.05) is 49.6 Å². The molecule has 170 valence electrons. The van der Waals surface area contributed by atoms with E-state index < -0.39 is 10.0 Å². The summed E-state index contributed by atoms with van der Waals surface area (Å²) in [6.45, 7) is 4.42. The van der Waals surface area contributed by atoms with Crippen LogP contribution in [-0.4, -0.2) is 29.1 Å². The molecule has 10 heteroatoms. The number of benzene rings is 1. The lowest BCUT2D eigenvalue weighted by Gasteiger charge is -2.09. The second-order valence-corrected chi connectivity index (χ2v) is 10.3. The molecule has 3 aromatic heterocycles. The Morgan fingerprint density at radius 1 is 1.06 bits per heavy atom. The number of pyridine rings is 1. The maximum absolute atomic E-state index is 12.5. The molecule has 4 aromatic rings. The monoisotopic (exact) mass is 481 g/mol. The predicted molar refractivity (Wildman–Crippen MR) is 127 cm³/mol. The van der Waals surface area contributed by atoms with Gasteiger partial charge < -0.3 is 5.32 Å². The van der Waals surface area contributed by atoms with E-state index in [1.54, 1.807) is 10.9 Å². The normalized spacial score (nSPS) is 11.5. The molecule has 0 aliphatic rings. The third kappa shape index (κ3) is 5.54. The van der Waals surface area contributed by atoms with E-state index in [9.17, 15) is 13.2 Å². The Morgan fingerprint density at radius 2 is 1.85 bits per heavy atom. The van der Waals surface area contributed by atoms with E-state index in [2.05, 4.69) is 20.1 Å². The topological polar surface area (TPSA) is 106 Å². The Kier molecular flexibility index (Phi) is 6.68. The van der Waals surface area contributed by atoms with Gasteiger partial charge in [0.25, 0.3) is 5.91 Å². The number of sulfonamides is 1. The Bertz CT molecular complexity index is 1340. The summed E-state index contributed by atoms with van der Waals surface area (Å²) in [6, 6.07) is 15.3. The lowest BCUT2D eigenvalue weighted by atomic mass is 10.2. The fourth-order valence-electron chi connectivity index (χ4n) is 3.24. The average Bonchev–Trinajstić information content (AvgIpc) is 3.45. The first-order valence-corrected chi connectivity index (χ1v) is 12.6. The molecule has 0 atom stereocenters. The molecule has 8 nitrogen and oxygen atoms in total. The molecule has 0 saturated heterocycles. The summed E-state index contributed by atoms with van der Waals surface area (Å²) < 4.78 is 29.2. The predicted octanol–water partition coefficient (Wildman–Crippen LogP) is 3.35. The largest absolute Gasteiger partial charge is 0.348 e. The summed E-state index contributed by atoms with van der Waals surface area (Å²) in [5.41, 5.74) is 3.13. The van der Waals surface area contributed by atoms with Gasteiger partial charge in [0.2, 0.25) is 10.0 Å². The molecule has 1 amide bonds. The van der Waals surface area contributed by atoms with E-state index in [0.29, 0.717) is 17.9 Å². The van der Waals surface area contributed by atoms with Gasteiger partial charge in [-0.1, -0.05) is 12.1 Å². The lowest BCUT2D eigenvalue weighted by Crippen LogP contribution is -2.24. The first kappa shape index (κ1) is 22.8. The number of rotatable bonds is 8. The van der Waals surface area contributed by atoms with Crippen LogP contribution in [0.3, 0.4) is 0 Å². The zero-order valence-electron chi connectivity index (χ0n) is 18.1. The molecule has 4 rings (SSSR count). The minimum atomic E-state index is -3.65. The number of thiophene rings is 1. The van der Waals surface area contributed by atoms with Crippen LogP contribution in [-0.2, 0) is 23.1 Å². The number of aryl methyl sites for hydroxylation is 2. The number of hydrogen-bond acceptors (Lipinski definition) is 6. The highest BCUT2D eigenvalue weighted by Gasteiger charge is 2.15. The van der Waals surface area contributed by atoms with E-state index >= 15 is 0 Å². The van der Waals surface area contributed by atoms with Crippen LogP contribution in [0.2, 0.25) is 0 Å². The van der Waals surface area contributed by atoms with E-state index in [4.69, 9.17) is 0 Å². The van der Waals surface area contributed by atoms with Crippen LogP contribution in [0.4, 0.5) is 0 Å². The van der Waals surface area contributed by atoms with Crippen LogP contribution >= 0.6 is 11.3 Å². The van der Waals surface area contributed by atoms with Crippen molar-refractivity contribution in [2.45, 2.75) is 31.8 Å². The van der Waals surface area contributed by atoms with Gasteiger partial charge in [0.15, 0.2) is 5.82 Å². The highest BCUT2D eigenvalue weighted by atomic mass is 32.2. The Hall–Kier alpha value is -3.34. The van der Waals surface area contributed by atoms with Crippen molar-refractivity contribution in [2.75, 3.05) is 0 Å². The maximum atomic E-state index is 12.5. The number of aromatic nitrogens is 3. The van der Waals surface area contributed by atoms with Gasteiger partial charge in [0.1, 0.15) is 0 Å². The minimum Gasteiger partial charge on any atom is -0.348 e. The maximum Gasteiger partial charge on any atom is 0.251 e. The van der Waals surface area contributed by atoms with Crippen LogP contribution < -0.4 is 10.0 Å². The zero-order valence-corrected chi connectivity index (χ0v) is 19.8. The van der Waals surface area contributed by atoms with Crippen molar-refractivity contribution in [3.8, 4) is 5.82 Å². The molecule has 0 bridgehead atoms. The number of carbonyl (C=O) groups excluding carboxylic acids is 1. The van der Waals surface area contributed by atoms with Crippen LogP contribution in [0.25, 0.3) is 5.82 Å². The van der Waals surface area contributed by atoms with Gasteiger partial charge in [0, 0.05) is 35.4 Å². The van der Waals surface area contributed by atoms with Crippen LogP contribution in [0.5, 0.6) is 0 Å². The molecule has 0 fully saturated rings. The smallest absolute Gasteiger partial charge is 0.251 e. The number of hydrogen-bond donors (Lipinski definition) is 2. The van der Waals surface area contributed by atoms with Crippen LogP contribution in [0.15, 0.2) is 71.1 Å². The fourth-order valence-corrected chi connectivity index (χ4v) is 4.98. The first-order valence-electron chi connectivity index (χ1n) is 10.2. The summed E-state index contributed by atoms with van der Waals surface area (Å²) >= 11 is 1.48. The summed E-state index contributed by atoms with van der Waals surface area (Å²) in [4.78, 5) is 17.9. The molecule has 0 aliphatic heterocycles. The Balaban J connectivity index is 1.34. The number of nitrogens with one attached hydrogen (secondary N) is 2. The minimum absolute atomic E-state index is 0.111. The van der Waals surface area contributed by atoms with Crippen molar-refractivity contribution in [1.29, 1.82) is 0 Å². The van der Waals surface area contributed by atoms with Crippen LogP contribution in [0.1, 0.15) is 32.2 Å². The molecule has 2 N–H and O–H groups in total. The molecular formula is C23H23N5O3S2. The summed E-state index contributed by atoms with van der Waals surface area (Å²) in [6.07, 6.45) is 1.70. The molecule has 0 aliphatic carbocycles. The van der Waals surface area contributed by atoms with Gasteiger partial charge >= 0.3 is 0 Å². The lowest BCUT2D eigenvalue weighted by molar-refractivity contribution is 0.0951. The highest BCUT2D eigenvalue weighted by molar-refractivity contribution is 7.89. The van der Waals surface area contributed by atoms with Gasteiger partial charge in [-0.2, -0.15) is 5.10 Å². The van der Waals surface area contributed by atoms with Crippen molar-refractivity contribution < 1.29 is 13.2 Å². The van der Waals surface area contributed by atoms with Gasteiger partial charge in [-0.25, -0.2) is 22.8 Å². The first-order chi connectivity index (χ1) is 15.8. The second kappa shape index (κ2) is 9.65. The van der Waals surface area contributed by atoms with E-state index in [0.717, 1.165) is 21.8 Å². The van der Waals surface area contributed by atoms with Crippen LogP contribution in [0, 0.1) is 13.8 Å². The van der Waals surface area contributed by atoms with E-state index in [-0.39, 0.29) is 17.3 Å². The Labute approximate surface area is 196 Å². The van der Waals surface area contributed by atoms with Crippen molar-refractivity contribution >= 4 is 27.3 Å². The van der Waals surface area contributed by atoms with Crippen molar-refractivity contribution in [3.05, 3.63) is 93.6 Å². The SMILES string of the molecule is Cc1cc(C)n(-c2ccc(CNC(=O)c3ccc(S(=O)(=O)NCc4cccs4)cc3)cn2)n1. The summed E-state index contributed by atoms with van der Waals surface area (Å²) in [5.74, 6) is 0.410. The molecule has 0 unspecified atom stereocenters. The molecule has 3 heterocycles. The zero-order chi connectivity index (χ0) is 23.4. The molecule has 33 heavy (non-hydrogen) atoms.